The Kier molecular flexibility index (Phi) is 4.33. The van der Waals surface area contributed by atoms with Crippen molar-refractivity contribution in [2.24, 2.45) is 0 Å². The molecular formula is C10H11F2NO3. The molecule has 16 heavy (non-hydrogen) atoms. The second kappa shape index (κ2) is 5.53. The van der Waals surface area contributed by atoms with Crippen molar-refractivity contribution in [2.75, 3.05) is 6.61 Å². The summed E-state index contributed by atoms with van der Waals surface area (Å²) in [5.41, 5.74) is 1.94. The Bertz CT molecular complexity index is 384. The van der Waals surface area contributed by atoms with Gasteiger partial charge in [0.05, 0.1) is 6.61 Å². The number of hydrogen-bond donors (Lipinski definition) is 2. The van der Waals surface area contributed by atoms with Crippen LogP contribution in [0.1, 0.15) is 17.3 Å². The molecule has 4 nitrogen and oxygen atoms in total. The molecule has 1 aromatic rings. The number of carbonyl (C=O) groups is 1. The number of carbonyl (C=O) groups excluding carboxylic acids is 1. The van der Waals surface area contributed by atoms with Crippen LogP contribution in [0.25, 0.3) is 0 Å². The van der Waals surface area contributed by atoms with Gasteiger partial charge in [0, 0.05) is 5.56 Å². The van der Waals surface area contributed by atoms with E-state index in [2.05, 4.69) is 0 Å². The number of aliphatic hydroxyl groups excluding tert-OH is 1. The molecular weight excluding hydrogens is 220 g/mol. The normalized spacial score (nSPS) is 12.2. The Balaban J connectivity index is 2.63. The quantitative estimate of drug-likeness (QED) is 0.760. The zero-order valence-corrected chi connectivity index (χ0v) is 8.54. The van der Waals surface area contributed by atoms with Gasteiger partial charge in [-0.25, -0.2) is 14.3 Å². The second-order valence-corrected chi connectivity index (χ2v) is 3.17. The molecule has 1 amide bonds. The molecule has 1 rings (SSSR count). The standard InChI is InChI=1S/C10H11F2NO3/c1-6(5-14)16-13-10(15)7-2-3-8(11)9(12)4-7/h2-4,6,14H,5H2,1H3,(H,13,15). The number of benzene rings is 1. The third-order valence-corrected chi connectivity index (χ3v) is 1.79. The van der Waals surface area contributed by atoms with Crippen LogP contribution in [-0.4, -0.2) is 23.7 Å². The Morgan fingerprint density at radius 2 is 2.19 bits per heavy atom. The van der Waals surface area contributed by atoms with Crippen LogP contribution in [0.3, 0.4) is 0 Å². The van der Waals surface area contributed by atoms with Gasteiger partial charge in [0.1, 0.15) is 6.10 Å². The van der Waals surface area contributed by atoms with Crippen molar-refractivity contribution >= 4 is 5.91 Å². The molecule has 0 bridgehead atoms. The summed E-state index contributed by atoms with van der Waals surface area (Å²) in [5, 5.41) is 8.61. The summed E-state index contributed by atoms with van der Waals surface area (Å²) in [6.45, 7) is 1.27. The van der Waals surface area contributed by atoms with E-state index in [0.29, 0.717) is 0 Å². The molecule has 0 saturated carbocycles. The molecule has 1 aromatic carbocycles. The lowest BCUT2D eigenvalue weighted by atomic mass is 10.2. The fourth-order valence-electron chi connectivity index (χ4n) is 0.888. The summed E-state index contributed by atoms with van der Waals surface area (Å²) in [4.78, 5) is 16.0. The summed E-state index contributed by atoms with van der Waals surface area (Å²) >= 11 is 0. The molecule has 2 N–H and O–H groups in total. The number of aliphatic hydroxyl groups is 1. The maximum Gasteiger partial charge on any atom is 0.274 e. The van der Waals surface area contributed by atoms with Crippen LogP contribution in [0.5, 0.6) is 0 Å². The van der Waals surface area contributed by atoms with Crippen LogP contribution in [0.4, 0.5) is 8.78 Å². The third-order valence-electron chi connectivity index (χ3n) is 1.79. The predicted octanol–water partition coefficient (Wildman–Crippen LogP) is 1.01. The van der Waals surface area contributed by atoms with E-state index in [9.17, 15) is 13.6 Å². The van der Waals surface area contributed by atoms with Crippen LogP contribution >= 0.6 is 0 Å². The molecule has 0 aliphatic carbocycles. The number of rotatable bonds is 4. The van der Waals surface area contributed by atoms with Gasteiger partial charge in [0.2, 0.25) is 0 Å². The SMILES string of the molecule is CC(CO)ONC(=O)c1ccc(F)c(F)c1. The fourth-order valence-corrected chi connectivity index (χ4v) is 0.888. The van der Waals surface area contributed by atoms with E-state index in [0.717, 1.165) is 18.2 Å². The van der Waals surface area contributed by atoms with Crippen molar-refractivity contribution in [3.63, 3.8) is 0 Å². The predicted molar refractivity (Wildman–Crippen MR) is 51.5 cm³/mol. The first-order valence-corrected chi connectivity index (χ1v) is 4.56. The smallest absolute Gasteiger partial charge is 0.274 e. The van der Waals surface area contributed by atoms with Crippen LogP contribution in [0.2, 0.25) is 0 Å². The van der Waals surface area contributed by atoms with Crippen LogP contribution in [-0.2, 0) is 4.84 Å². The molecule has 0 aliphatic heterocycles. The molecule has 0 saturated heterocycles. The van der Waals surface area contributed by atoms with Crippen molar-refractivity contribution < 1.29 is 23.5 Å². The average molecular weight is 231 g/mol. The first-order chi connectivity index (χ1) is 7.54. The Morgan fingerprint density at radius 1 is 1.50 bits per heavy atom. The average Bonchev–Trinajstić information content (AvgIpc) is 2.29. The van der Waals surface area contributed by atoms with Gasteiger partial charge >= 0.3 is 0 Å². The third kappa shape index (κ3) is 3.25. The highest BCUT2D eigenvalue weighted by atomic mass is 19.2. The van der Waals surface area contributed by atoms with E-state index < -0.39 is 23.6 Å². The van der Waals surface area contributed by atoms with Crippen LogP contribution in [0.15, 0.2) is 18.2 Å². The van der Waals surface area contributed by atoms with E-state index in [1.807, 2.05) is 5.48 Å². The number of halogens is 2. The van der Waals surface area contributed by atoms with Gasteiger partial charge in [0.25, 0.3) is 5.91 Å². The van der Waals surface area contributed by atoms with Crippen molar-refractivity contribution in [3.05, 3.63) is 35.4 Å². The minimum Gasteiger partial charge on any atom is -0.394 e. The molecule has 6 heteroatoms. The van der Waals surface area contributed by atoms with Crippen molar-refractivity contribution in [2.45, 2.75) is 13.0 Å². The van der Waals surface area contributed by atoms with Crippen LogP contribution in [0, 0.1) is 11.6 Å². The maximum absolute atomic E-state index is 12.8. The first kappa shape index (κ1) is 12.5. The topological polar surface area (TPSA) is 58.6 Å². The van der Waals surface area contributed by atoms with Gasteiger partial charge in [0.15, 0.2) is 11.6 Å². The summed E-state index contributed by atoms with van der Waals surface area (Å²) < 4.78 is 25.3. The largest absolute Gasteiger partial charge is 0.394 e. The fraction of sp³-hybridized carbons (Fsp3) is 0.300. The van der Waals surface area contributed by atoms with Gasteiger partial charge in [-0.15, -0.1) is 0 Å². The molecule has 0 aliphatic rings. The highest BCUT2D eigenvalue weighted by Gasteiger charge is 2.10. The Hall–Kier alpha value is -1.53. The number of hydrogen-bond acceptors (Lipinski definition) is 3. The molecule has 88 valence electrons. The molecule has 0 heterocycles. The monoisotopic (exact) mass is 231 g/mol. The van der Waals surface area contributed by atoms with E-state index in [1.54, 1.807) is 0 Å². The lowest BCUT2D eigenvalue weighted by Crippen LogP contribution is -2.29. The minimum atomic E-state index is -1.11. The van der Waals surface area contributed by atoms with Gasteiger partial charge in [-0.3, -0.25) is 9.63 Å². The summed E-state index contributed by atoms with van der Waals surface area (Å²) in [5.74, 6) is -2.84. The van der Waals surface area contributed by atoms with Crippen molar-refractivity contribution in [3.8, 4) is 0 Å². The highest BCUT2D eigenvalue weighted by molar-refractivity contribution is 5.93. The lowest BCUT2D eigenvalue weighted by Gasteiger charge is -2.10. The van der Waals surface area contributed by atoms with E-state index in [-0.39, 0.29) is 12.2 Å². The summed E-state index contributed by atoms with van der Waals surface area (Å²) in [6.07, 6.45) is -0.575. The minimum absolute atomic E-state index is 0.0657. The molecule has 0 aromatic heterocycles. The van der Waals surface area contributed by atoms with Gasteiger partial charge in [-0.2, -0.15) is 0 Å². The van der Waals surface area contributed by atoms with Gasteiger partial charge in [-0.05, 0) is 25.1 Å². The first-order valence-electron chi connectivity index (χ1n) is 4.56. The maximum atomic E-state index is 12.8. The second-order valence-electron chi connectivity index (χ2n) is 3.17. The molecule has 1 atom stereocenters. The lowest BCUT2D eigenvalue weighted by molar-refractivity contribution is -0.0304. The van der Waals surface area contributed by atoms with E-state index in [4.69, 9.17) is 9.94 Å². The number of amides is 1. The Labute approximate surface area is 90.8 Å². The molecule has 0 fully saturated rings. The summed E-state index contributed by atoms with van der Waals surface area (Å²) in [7, 11) is 0. The molecule has 1 unspecified atom stereocenters. The zero-order valence-electron chi connectivity index (χ0n) is 8.54. The van der Waals surface area contributed by atoms with Gasteiger partial charge in [-0.1, -0.05) is 0 Å². The van der Waals surface area contributed by atoms with E-state index >= 15 is 0 Å². The van der Waals surface area contributed by atoms with Gasteiger partial charge < -0.3 is 5.11 Å². The van der Waals surface area contributed by atoms with E-state index in [1.165, 1.54) is 6.92 Å². The number of nitrogens with one attached hydrogen (secondary N) is 1. The van der Waals surface area contributed by atoms with Crippen LogP contribution < -0.4 is 5.48 Å². The number of hydroxylamine groups is 1. The highest BCUT2D eigenvalue weighted by Crippen LogP contribution is 2.08. The zero-order chi connectivity index (χ0) is 12.1. The Morgan fingerprint density at radius 3 is 2.75 bits per heavy atom. The summed E-state index contributed by atoms with van der Waals surface area (Å²) in [6, 6.07) is 2.73. The molecule has 0 radical (unpaired) electrons. The van der Waals surface area contributed by atoms with Crippen molar-refractivity contribution in [1.82, 2.24) is 5.48 Å². The van der Waals surface area contributed by atoms with Crippen molar-refractivity contribution in [1.29, 1.82) is 0 Å². The molecule has 0 spiro atoms.